The van der Waals surface area contributed by atoms with Crippen molar-refractivity contribution in [3.8, 4) is 5.75 Å². The Kier molecular flexibility index (Phi) is 6.17. The van der Waals surface area contributed by atoms with Crippen LogP contribution in [0.15, 0.2) is 24.3 Å². The Labute approximate surface area is 142 Å². The van der Waals surface area contributed by atoms with E-state index in [1.54, 1.807) is 0 Å². The number of ether oxygens (including phenoxy) is 2. The molecule has 6 heteroatoms. The van der Waals surface area contributed by atoms with E-state index in [1.807, 2.05) is 0 Å². The number of carbonyl (C=O) groups excluding carboxylic acids is 1. The van der Waals surface area contributed by atoms with E-state index in [0.717, 1.165) is 12.8 Å². The van der Waals surface area contributed by atoms with Crippen LogP contribution >= 0.6 is 0 Å². The van der Waals surface area contributed by atoms with E-state index < -0.39 is 10.9 Å². The molecule has 0 saturated heterocycles. The van der Waals surface area contributed by atoms with Gasteiger partial charge in [-0.25, -0.2) is 4.79 Å². The van der Waals surface area contributed by atoms with E-state index in [2.05, 4.69) is 20.8 Å². The molecule has 132 valence electrons. The average Bonchev–Trinajstić information content (AvgIpc) is 2.53. The molecule has 24 heavy (non-hydrogen) atoms. The number of carbonyl (C=O) groups is 1. The summed E-state index contributed by atoms with van der Waals surface area (Å²) >= 11 is 0. The summed E-state index contributed by atoms with van der Waals surface area (Å²) in [7, 11) is 0. The number of rotatable bonds is 6. The molecule has 0 spiro atoms. The van der Waals surface area contributed by atoms with Crippen molar-refractivity contribution in [3.63, 3.8) is 0 Å². The second kappa shape index (κ2) is 8.13. The molecule has 0 bridgehead atoms. The third-order valence-corrected chi connectivity index (χ3v) is 4.65. The topological polar surface area (TPSA) is 78.7 Å². The van der Waals surface area contributed by atoms with Crippen LogP contribution in [0.2, 0.25) is 0 Å². The van der Waals surface area contributed by atoms with Gasteiger partial charge in [-0.2, -0.15) is 0 Å². The second-order valence-corrected chi connectivity index (χ2v) is 6.89. The first-order chi connectivity index (χ1) is 11.4. The molecular formula is C18H25NO5. The highest BCUT2D eigenvalue weighted by atomic mass is 16.6. The Balaban J connectivity index is 1.86. The largest absolute Gasteiger partial charge is 0.482 e. The highest BCUT2D eigenvalue weighted by Gasteiger charge is 2.33. The molecule has 1 saturated carbocycles. The zero-order chi connectivity index (χ0) is 17.7. The zero-order valence-electron chi connectivity index (χ0n) is 14.4. The quantitative estimate of drug-likeness (QED) is 0.446. The molecule has 1 fully saturated rings. The lowest BCUT2D eigenvalue weighted by molar-refractivity contribution is -0.384. The molecule has 1 aliphatic carbocycles. The lowest BCUT2D eigenvalue weighted by Crippen LogP contribution is -2.36. The van der Waals surface area contributed by atoms with Crippen LogP contribution in [0.5, 0.6) is 5.75 Å². The molecule has 0 N–H and O–H groups in total. The van der Waals surface area contributed by atoms with Crippen molar-refractivity contribution in [2.75, 3.05) is 6.61 Å². The van der Waals surface area contributed by atoms with Gasteiger partial charge in [0.05, 0.1) is 4.92 Å². The summed E-state index contributed by atoms with van der Waals surface area (Å²) < 4.78 is 11.0. The van der Waals surface area contributed by atoms with Crippen molar-refractivity contribution in [1.29, 1.82) is 0 Å². The molecule has 0 radical (unpaired) electrons. The molecule has 0 amide bonds. The zero-order valence-corrected chi connectivity index (χ0v) is 14.4. The lowest BCUT2D eigenvalue weighted by Gasteiger charge is -2.36. The number of hydrogen-bond donors (Lipinski definition) is 0. The summed E-state index contributed by atoms with van der Waals surface area (Å²) in [6, 6.07) is 5.65. The van der Waals surface area contributed by atoms with E-state index in [4.69, 9.17) is 9.47 Å². The van der Waals surface area contributed by atoms with Crippen molar-refractivity contribution >= 4 is 11.7 Å². The standard InChI is InChI=1S/C18H25NO5/c1-12(2)16-9-4-13(3)10-17(16)24-18(20)11-23-15-7-5-14(6-8-15)19(21)22/h5-8,12-13,16-17H,4,9-11H2,1-3H3/t13-,16+,17+/m0/s1. The molecule has 0 heterocycles. The van der Waals surface area contributed by atoms with Crippen LogP contribution < -0.4 is 4.74 Å². The fourth-order valence-electron chi connectivity index (χ4n) is 3.26. The molecule has 0 aliphatic heterocycles. The van der Waals surface area contributed by atoms with Gasteiger partial charge in [-0.1, -0.05) is 27.2 Å². The van der Waals surface area contributed by atoms with Gasteiger partial charge in [-0.15, -0.1) is 0 Å². The smallest absolute Gasteiger partial charge is 0.344 e. The molecular weight excluding hydrogens is 310 g/mol. The van der Waals surface area contributed by atoms with Crippen molar-refractivity contribution in [1.82, 2.24) is 0 Å². The molecule has 0 unspecified atom stereocenters. The van der Waals surface area contributed by atoms with Crippen LogP contribution in [-0.2, 0) is 9.53 Å². The van der Waals surface area contributed by atoms with Gasteiger partial charge in [0.1, 0.15) is 11.9 Å². The summed E-state index contributed by atoms with van der Waals surface area (Å²) in [6.45, 7) is 6.32. The number of non-ortho nitro benzene ring substituents is 1. The molecule has 3 atom stereocenters. The Morgan fingerprint density at radius 1 is 1.29 bits per heavy atom. The number of benzene rings is 1. The van der Waals surface area contributed by atoms with Gasteiger partial charge in [0, 0.05) is 12.1 Å². The minimum atomic E-state index is -0.478. The first kappa shape index (κ1) is 18.2. The number of nitrogens with zero attached hydrogens (tertiary/aromatic N) is 1. The number of nitro benzene ring substituents is 1. The van der Waals surface area contributed by atoms with Crippen molar-refractivity contribution in [3.05, 3.63) is 34.4 Å². The summed E-state index contributed by atoms with van der Waals surface area (Å²) in [4.78, 5) is 22.2. The van der Waals surface area contributed by atoms with Crippen molar-refractivity contribution in [2.24, 2.45) is 17.8 Å². The maximum absolute atomic E-state index is 12.1. The molecule has 1 aromatic carbocycles. The number of nitro groups is 1. The summed E-state index contributed by atoms with van der Waals surface area (Å²) in [5.74, 6) is 1.46. The number of esters is 1. The van der Waals surface area contributed by atoms with E-state index in [-0.39, 0.29) is 18.4 Å². The van der Waals surface area contributed by atoms with Gasteiger partial charge >= 0.3 is 5.97 Å². The fourth-order valence-corrected chi connectivity index (χ4v) is 3.26. The van der Waals surface area contributed by atoms with E-state index >= 15 is 0 Å². The van der Waals surface area contributed by atoms with Crippen molar-refractivity contribution < 1.29 is 19.2 Å². The number of hydrogen-bond acceptors (Lipinski definition) is 5. The van der Waals surface area contributed by atoms with Crippen LogP contribution in [0.25, 0.3) is 0 Å². The minimum absolute atomic E-state index is 0.0131. The van der Waals surface area contributed by atoms with Gasteiger partial charge in [0.2, 0.25) is 0 Å². The van der Waals surface area contributed by atoms with E-state index in [0.29, 0.717) is 23.5 Å². The van der Waals surface area contributed by atoms with Gasteiger partial charge in [-0.3, -0.25) is 10.1 Å². The average molecular weight is 335 g/mol. The SMILES string of the molecule is CC(C)[C@H]1CC[C@H](C)C[C@H]1OC(=O)COc1ccc([N+](=O)[O-])cc1. The van der Waals surface area contributed by atoms with Gasteiger partial charge in [0.25, 0.3) is 5.69 Å². The van der Waals surface area contributed by atoms with Gasteiger partial charge in [0.15, 0.2) is 6.61 Å². The predicted molar refractivity (Wildman–Crippen MR) is 89.8 cm³/mol. The summed E-state index contributed by atoms with van der Waals surface area (Å²) in [5, 5.41) is 10.6. The Morgan fingerprint density at radius 3 is 2.54 bits per heavy atom. The van der Waals surface area contributed by atoms with Crippen molar-refractivity contribution in [2.45, 2.75) is 46.1 Å². The fraction of sp³-hybridized carbons (Fsp3) is 0.611. The maximum atomic E-state index is 12.1. The third-order valence-electron chi connectivity index (χ3n) is 4.65. The molecule has 0 aromatic heterocycles. The van der Waals surface area contributed by atoms with Gasteiger partial charge < -0.3 is 9.47 Å². The minimum Gasteiger partial charge on any atom is -0.482 e. The Morgan fingerprint density at radius 2 is 1.96 bits per heavy atom. The molecule has 1 aromatic rings. The molecule has 2 rings (SSSR count). The maximum Gasteiger partial charge on any atom is 0.344 e. The summed E-state index contributed by atoms with van der Waals surface area (Å²) in [5.41, 5.74) is -0.0131. The van der Waals surface area contributed by atoms with Crippen LogP contribution in [0.1, 0.15) is 40.0 Å². The van der Waals surface area contributed by atoms with Crippen LogP contribution in [-0.4, -0.2) is 23.6 Å². The first-order valence-electron chi connectivity index (χ1n) is 8.43. The van der Waals surface area contributed by atoms with Gasteiger partial charge in [-0.05, 0) is 42.7 Å². The van der Waals surface area contributed by atoms with Crippen LogP contribution in [0.4, 0.5) is 5.69 Å². The summed E-state index contributed by atoms with van der Waals surface area (Å²) in [6.07, 6.45) is 3.10. The normalized spacial score (nSPS) is 23.8. The Bertz CT molecular complexity index is 569. The highest BCUT2D eigenvalue weighted by Crippen LogP contribution is 2.35. The molecule has 6 nitrogen and oxygen atoms in total. The second-order valence-electron chi connectivity index (χ2n) is 6.89. The highest BCUT2D eigenvalue weighted by molar-refractivity contribution is 5.71. The van der Waals surface area contributed by atoms with Crippen LogP contribution in [0, 0.1) is 27.9 Å². The van der Waals surface area contributed by atoms with E-state index in [9.17, 15) is 14.9 Å². The predicted octanol–water partition coefficient (Wildman–Crippen LogP) is 3.98. The van der Waals surface area contributed by atoms with E-state index in [1.165, 1.54) is 30.7 Å². The lowest BCUT2D eigenvalue weighted by atomic mass is 9.75. The monoisotopic (exact) mass is 335 g/mol. The Hall–Kier alpha value is -2.11. The third kappa shape index (κ3) is 4.94. The first-order valence-corrected chi connectivity index (χ1v) is 8.43. The van der Waals surface area contributed by atoms with Crippen LogP contribution in [0.3, 0.4) is 0 Å². The molecule has 1 aliphatic rings.